The van der Waals surface area contributed by atoms with E-state index in [1.807, 2.05) is 30.3 Å². The van der Waals surface area contributed by atoms with Crippen LogP contribution in [0.25, 0.3) is 0 Å². The molecular weight excluding hydrogens is 542 g/mol. The number of hydrogen-bond acceptors (Lipinski definition) is 9. The number of methoxy groups -OCH3 is 4. The average Bonchev–Trinajstić information content (AvgIpc) is 3.05. The van der Waals surface area contributed by atoms with Crippen LogP contribution in [0.4, 0.5) is 4.79 Å². The van der Waals surface area contributed by atoms with Gasteiger partial charge in [-0.2, -0.15) is 0 Å². The maximum atomic E-state index is 14.1. The van der Waals surface area contributed by atoms with Gasteiger partial charge in [0.2, 0.25) is 5.78 Å². The van der Waals surface area contributed by atoms with E-state index in [1.165, 1.54) is 33.3 Å². The van der Waals surface area contributed by atoms with Crippen molar-refractivity contribution in [2.45, 2.75) is 25.6 Å². The molecule has 1 fully saturated rings. The Hall–Kier alpha value is -4.73. The molecule has 1 aliphatic rings. The molecule has 0 spiro atoms. The first-order chi connectivity index (χ1) is 20.4. The SMILES string of the molecule is COc1cccc(C(=O)C(OC(=O)C2CCCN(C(=O)OCc3ccccc3)C2)c2cccc(OC)c2OC)c1OC. The number of piperidine rings is 1. The number of ketones is 1. The van der Waals surface area contributed by atoms with Gasteiger partial charge in [0.05, 0.1) is 39.9 Å². The third kappa shape index (κ3) is 6.76. The van der Waals surface area contributed by atoms with Crippen molar-refractivity contribution >= 4 is 17.8 Å². The first kappa shape index (κ1) is 30.2. The molecule has 222 valence electrons. The van der Waals surface area contributed by atoms with Crippen molar-refractivity contribution < 1.29 is 42.8 Å². The summed E-state index contributed by atoms with van der Waals surface area (Å²) in [6.45, 7) is 0.676. The van der Waals surface area contributed by atoms with Crippen LogP contribution in [0.1, 0.15) is 40.4 Å². The Balaban J connectivity index is 1.59. The summed E-state index contributed by atoms with van der Waals surface area (Å²) >= 11 is 0. The lowest BCUT2D eigenvalue weighted by Gasteiger charge is -2.32. The van der Waals surface area contributed by atoms with Crippen LogP contribution in [0.2, 0.25) is 0 Å². The van der Waals surface area contributed by atoms with Crippen LogP contribution in [0.3, 0.4) is 0 Å². The van der Waals surface area contributed by atoms with Crippen LogP contribution in [-0.4, -0.2) is 64.3 Å². The molecule has 10 heteroatoms. The van der Waals surface area contributed by atoms with Gasteiger partial charge in [-0.3, -0.25) is 9.59 Å². The molecule has 1 heterocycles. The average molecular weight is 578 g/mol. The van der Waals surface area contributed by atoms with Crippen LogP contribution < -0.4 is 18.9 Å². The minimum absolute atomic E-state index is 0.102. The molecule has 3 aromatic carbocycles. The third-order valence-corrected chi connectivity index (χ3v) is 7.07. The molecule has 3 aromatic rings. The van der Waals surface area contributed by atoms with E-state index >= 15 is 0 Å². The minimum atomic E-state index is -1.40. The Morgan fingerprint density at radius 3 is 2.14 bits per heavy atom. The fraction of sp³-hybridized carbons (Fsp3) is 0.344. The molecule has 1 saturated heterocycles. The van der Waals surface area contributed by atoms with Crippen LogP contribution in [0.15, 0.2) is 66.7 Å². The normalized spacial score (nSPS) is 15.2. The van der Waals surface area contributed by atoms with Crippen molar-refractivity contribution in [3.63, 3.8) is 0 Å². The highest BCUT2D eigenvalue weighted by molar-refractivity contribution is 6.04. The molecule has 0 bridgehead atoms. The van der Waals surface area contributed by atoms with Gasteiger partial charge in [-0.25, -0.2) is 4.79 Å². The van der Waals surface area contributed by atoms with E-state index in [9.17, 15) is 14.4 Å². The number of esters is 1. The van der Waals surface area contributed by atoms with Gasteiger partial charge in [-0.05, 0) is 36.6 Å². The molecule has 0 radical (unpaired) electrons. The van der Waals surface area contributed by atoms with Gasteiger partial charge in [0.1, 0.15) is 6.61 Å². The van der Waals surface area contributed by atoms with Crippen molar-refractivity contribution in [2.24, 2.45) is 5.92 Å². The lowest BCUT2D eigenvalue weighted by molar-refractivity contribution is -0.154. The zero-order chi connectivity index (χ0) is 30.1. The first-order valence-corrected chi connectivity index (χ1v) is 13.5. The summed E-state index contributed by atoms with van der Waals surface area (Å²) < 4.78 is 33.3. The fourth-order valence-corrected chi connectivity index (χ4v) is 4.96. The Morgan fingerprint density at radius 1 is 0.810 bits per heavy atom. The van der Waals surface area contributed by atoms with E-state index in [4.69, 9.17) is 28.4 Å². The van der Waals surface area contributed by atoms with E-state index in [0.717, 1.165) is 5.56 Å². The lowest BCUT2D eigenvalue weighted by Crippen LogP contribution is -2.43. The predicted molar refractivity (Wildman–Crippen MR) is 153 cm³/mol. The highest BCUT2D eigenvalue weighted by Crippen LogP contribution is 2.40. The number of carbonyl (C=O) groups is 3. The van der Waals surface area contributed by atoms with E-state index in [1.54, 1.807) is 36.4 Å². The van der Waals surface area contributed by atoms with Crippen molar-refractivity contribution in [3.8, 4) is 23.0 Å². The molecule has 0 N–H and O–H groups in total. The van der Waals surface area contributed by atoms with Gasteiger partial charge in [0.15, 0.2) is 29.1 Å². The Labute approximate surface area is 245 Å². The molecule has 0 aromatic heterocycles. The molecule has 10 nitrogen and oxygen atoms in total. The molecule has 0 aliphatic carbocycles. The van der Waals surface area contributed by atoms with Crippen LogP contribution in [0.5, 0.6) is 23.0 Å². The van der Waals surface area contributed by atoms with Gasteiger partial charge in [0, 0.05) is 18.7 Å². The number of hydrogen-bond donors (Lipinski definition) is 0. The second kappa shape index (κ2) is 14.2. The Bertz CT molecular complexity index is 1390. The first-order valence-electron chi connectivity index (χ1n) is 13.5. The van der Waals surface area contributed by atoms with E-state index in [0.29, 0.717) is 36.4 Å². The van der Waals surface area contributed by atoms with E-state index in [2.05, 4.69) is 0 Å². The smallest absolute Gasteiger partial charge is 0.410 e. The van der Waals surface area contributed by atoms with Crippen molar-refractivity contribution in [3.05, 3.63) is 83.4 Å². The number of ether oxygens (including phenoxy) is 6. The number of Topliss-reactive ketones (excluding diaryl/α,β-unsaturated/α-hetero) is 1. The van der Waals surface area contributed by atoms with E-state index in [-0.39, 0.29) is 30.2 Å². The van der Waals surface area contributed by atoms with Crippen LogP contribution in [0, 0.1) is 5.92 Å². The zero-order valence-corrected chi connectivity index (χ0v) is 24.2. The molecule has 42 heavy (non-hydrogen) atoms. The van der Waals surface area contributed by atoms with E-state index < -0.39 is 29.9 Å². The minimum Gasteiger partial charge on any atom is -0.493 e. The largest absolute Gasteiger partial charge is 0.493 e. The standard InChI is InChI=1S/C32H35NO9/c1-37-25-16-8-14-23(28(25)39-3)27(34)30(24-15-9-17-26(38-2)29(24)40-4)42-31(35)22-13-10-18-33(19-22)32(36)41-20-21-11-6-5-7-12-21/h5-9,11-12,14-17,22,30H,10,13,18-20H2,1-4H3. The maximum Gasteiger partial charge on any atom is 0.410 e. The number of amides is 1. The van der Waals surface area contributed by atoms with Gasteiger partial charge in [0.25, 0.3) is 0 Å². The molecule has 2 atom stereocenters. The zero-order valence-electron chi connectivity index (χ0n) is 24.2. The topological polar surface area (TPSA) is 110 Å². The molecule has 4 rings (SSSR count). The Morgan fingerprint density at radius 2 is 1.48 bits per heavy atom. The fourth-order valence-electron chi connectivity index (χ4n) is 4.96. The highest BCUT2D eigenvalue weighted by Gasteiger charge is 2.37. The number of benzene rings is 3. The van der Waals surface area contributed by atoms with Crippen LogP contribution >= 0.6 is 0 Å². The summed E-state index contributed by atoms with van der Waals surface area (Å²) in [5, 5.41) is 0. The number of nitrogens with zero attached hydrogens (tertiary/aromatic N) is 1. The molecule has 1 aliphatic heterocycles. The Kier molecular flexibility index (Phi) is 10.3. The second-order valence-electron chi connectivity index (χ2n) is 9.63. The highest BCUT2D eigenvalue weighted by atomic mass is 16.6. The summed E-state index contributed by atoms with van der Waals surface area (Å²) in [6.07, 6.45) is -0.853. The lowest BCUT2D eigenvalue weighted by atomic mass is 9.96. The molecule has 0 saturated carbocycles. The van der Waals surface area contributed by atoms with Crippen molar-refractivity contribution in [2.75, 3.05) is 41.5 Å². The maximum absolute atomic E-state index is 14.1. The number of rotatable bonds is 11. The van der Waals surface area contributed by atoms with Crippen molar-refractivity contribution in [1.29, 1.82) is 0 Å². The van der Waals surface area contributed by atoms with Gasteiger partial charge < -0.3 is 33.3 Å². The summed E-state index contributed by atoms with van der Waals surface area (Å²) in [5.41, 5.74) is 1.32. The monoisotopic (exact) mass is 577 g/mol. The number of likely N-dealkylation sites (tertiary alicyclic amines) is 1. The van der Waals surface area contributed by atoms with Gasteiger partial charge >= 0.3 is 12.1 Å². The van der Waals surface area contributed by atoms with Gasteiger partial charge in [-0.1, -0.05) is 48.5 Å². The third-order valence-electron chi connectivity index (χ3n) is 7.07. The summed E-state index contributed by atoms with van der Waals surface area (Å²) in [5.74, 6) is -0.654. The van der Waals surface area contributed by atoms with Crippen molar-refractivity contribution in [1.82, 2.24) is 4.90 Å². The quantitative estimate of drug-likeness (QED) is 0.223. The van der Waals surface area contributed by atoms with Crippen LogP contribution in [-0.2, 0) is 20.9 Å². The number of carbonyl (C=O) groups excluding carboxylic acids is 3. The molecule has 2 unspecified atom stereocenters. The summed E-state index contributed by atoms with van der Waals surface area (Å²) in [7, 11) is 5.81. The molecule has 1 amide bonds. The number of para-hydroxylation sites is 2. The predicted octanol–water partition coefficient (Wildman–Crippen LogP) is 5.24. The molecular formula is C32H35NO9. The summed E-state index contributed by atoms with van der Waals surface area (Å²) in [6, 6.07) is 19.2. The second-order valence-corrected chi connectivity index (χ2v) is 9.63. The summed E-state index contributed by atoms with van der Waals surface area (Å²) in [4.78, 5) is 42.0. The van der Waals surface area contributed by atoms with Gasteiger partial charge in [-0.15, -0.1) is 0 Å².